The van der Waals surface area contributed by atoms with Crippen LogP contribution < -0.4 is 16.4 Å². The van der Waals surface area contributed by atoms with Gasteiger partial charge in [-0.05, 0) is 36.2 Å². The predicted octanol–water partition coefficient (Wildman–Crippen LogP) is 4.06. The first kappa shape index (κ1) is 20.4. The van der Waals surface area contributed by atoms with Crippen LogP contribution >= 0.6 is 22.9 Å². The number of nitrogens with two attached hydrogens (primary N) is 1. The predicted molar refractivity (Wildman–Crippen MR) is 102 cm³/mol. The third-order valence-corrected chi connectivity index (χ3v) is 5.50. The highest BCUT2D eigenvalue weighted by atomic mass is 35.5. The van der Waals surface area contributed by atoms with E-state index in [0.29, 0.717) is 21.2 Å². The standard InChI is InChI=1S/C17H16ClF3N4O2S/c18-9-1-3-10(4-2-9)23-16(27)24-15-13(14(22)26)11-5-6-25(7-12(11)28-15)8-17(19,20)21/h1-4H,5-8H2,(H2,22,26)(H2,23,24,27). The Labute approximate surface area is 167 Å². The van der Waals surface area contributed by atoms with E-state index in [0.717, 1.165) is 11.3 Å². The van der Waals surface area contributed by atoms with Crippen molar-refractivity contribution < 1.29 is 22.8 Å². The number of nitrogens with one attached hydrogen (secondary N) is 2. The van der Waals surface area contributed by atoms with Gasteiger partial charge in [0, 0.05) is 28.7 Å². The number of thiophene rings is 1. The van der Waals surface area contributed by atoms with Crippen molar-refractivity contribution in [1.82, 2.24) is 4.90 Å². The summed E-state index contributed by atoms with van der Waals surface area (Å²) in [5, 5.41) is 5.89. The molecule has 0 atom stereocenters. The van der Waals surface area contributed by atoms with Gasteiger partial charge in [0.05, 0.1) is 12.1 Å². The first-order valence-corrected chi connectivity index (χ1v) is 9.39. The Hall–Kier alpha value is -2.30. The van der Waals surface area contributed by atoms with Crippen LogP contribution in [0, 0.1) is 0 Å². The second-order valence-corrected chi connectivity index (χ2v) is 7.78. The van der Waals surface area contributed by atoms with Gasteiger partial charge in [0.15, 0.2) is 0 Å². The van der Waals surface area contributed by atoms with Crippen LogP contribution in [0.2, 0.25) is 5.02 Å². The number of halogens is 4. The fraction of sp³-hybridized carbons (Fsp3) is 0.294. The number of primary amides is 1. The van der Waals surface area contributed by atoms with Gasteiger partial charge in [-0.25, -0.2) is 4.79 Å². The van der Waals surface area contributed by atoms with Crippen molar-refractivity contribution in [3.8, 4) is 0 Å². The number of urea groups is 1. The summed E-state index contributed by atoms with van der Waals surface area (Å²) in [4.78, 5) is 26.0. The van der Waals surface area contributed by atoms with Crippen molar-refractivity contribution >= 4 is 45.6 Å². The van der Waals surface area contributed by atoms with Crippen LogP contribution in [0.15, 0.2) is 24.3 Å². The SMILES string of the molecule is NC(=O)c1c(NC(=O)Nc2ccc(Cl)cc2)sc2c1CCN(CC(F)(F)F)C2. The van der Waals surface area contributed by atoms with E-state index < -0.39 is 24.7 Å². The van der Waals surface area contributed by atoms with Crippen molar-refractivity contribution in [3.63, 3.8) is 0 Å². The molecule has 1 aliphatic rings. The third kappa shape index (κ3) is 4.94. The van der Waals surface area contributed by atoms with Gasteiger partial charge in [-0.1, -0.05) is 11.6 Å². The number of anilines is 2. The largest absolute Gasteiger partial charge is 0.401 e. The molecule has 0 bridgehead atoms. The quantitative estimate of drug-likeness (QED) is 0.680. The summed E-state index contributed by atoms with van der Waals surface area (Å²) in [5.41, 5.74) is 6.68. The van der Waals surface area contributed by atoms with E-state index in [2.05, 4.69) is 10.6 Å². The lowest BCUT2D eigenvalue weighted by Gasteiger charge is -2.27. The van der Waals surface area contributed by atoms with Crippen LogP contribution in [0.4, 0.5) is 28.7 Å². The normalized spacial score (nSPS) is 14.4. The van der Waals surface area contributed by atoms with Crippen molar-refractivity contribution in [2.75, 3.05) is 23.7 Å². The molecule has 28 heavy (non-hydrogen) atoms. The molecule has 1 aliphatic heterocycles. The maximum absolute atomic E-state index is 12.6. The Bertz CT molecular complexity index is 899. The molecular weight excluding hydrogens is 417 g/mol. The number of carbonyl (C=O) groups is 2. The molecule has 0 radical (unpaired) electrons. The second-order valence-electron chi connectivity index (χ2n) is 6.23. The summed E-state index contributed by atoms with van der Waals surface area (Å²) < 4.78 is 37.9. The summed E-state index contributed by atoms with van der Waals surface area (Å²) >= 11 is 6.85. The van der Waals surface area contributed by atoms with Crippen molar-refractivity contribution in [1.29, 1.82) is 0 Å². The van der Waals surface area contributed by atoms with Gasteiger partial charge in [-0.2, -0.15) is 13.2 Å². The fourth-order valence-electron chi connectivity index (χ4n) is 2.99. The molecule has 0 saturated heterocycles. The molecular formula is C17H16ClF3N4O2S. The maximum Gasteiger partial charge on any atom is 0.401 e. The number of hydrogen-bond acceptors (Lipinski definition) is 4. The monoisotopic (exact) mass is 432 g/mol. The molecule has 0 fully saturated rings. The van der Waals surface area contributed by atoms with E-state index in [4.69, 9.17) is 17.3 Å². The number of amides is 3. The summed E-state index contributed by atoms with van der Waals surface area (Å²) in [6.45, 7) is -0.837. The molecule has 0 unspecified atom stereocenters. The number of alkyl halides is 3. The lowest BCUT2D eigenvalue weighted by molar-refractivity contribution is -0.147. The summed E-state index contributed by atoms with van der Waals surface area (Å²) in [7, 11) is 0. The maximum atomic E-state index is 12.6. The third-order valence-electron chi connectivity index (χ3n) is 4.11. The first-order valence-electron chi connectivity index (χ1n) is 8.19. The molecule has 3 rings (SSSR count). The number of hydrogen-bond donors (Lipinski definition) is 3. The molecule has 0 saturated carbocycles. The van der Waals surface area contributed by atoms with Gasteiger partial charge in [0.2, 0.25) is 0 Å². The first-order chi connectivity index (χ1) is 13.1. The molecule has 0 spiro atoms. The molecule has 0 aliphatic carbocycles. The molecule has 1 aromatic carbocycles. The van der Waals surface area contributed by atoms with E-state index in [9.17, 15) is 22.8 Å². The van der Waals surface area contributed by atoms with Gasteiger partial charge >= 0.3 is 12.2 Å². The molecule has 2 heterocycles. The van der Waals surface area contributed by atoms with E-state index >= 15 is 0 Å². The second kappa shape index (κ2) is 7.98. The van der Waals surface area contributed by atoms with E-state index in [1.807, 2.05) is 0 Å². The van der Waals surface area contributed by atoms with Crippen LogP contribution in [-0.2, 0) is 13.0 Å². The topological polar surface area (TPSA) is 87.5 Å². The van der Waals surface area contributed by atoms with E-state index in [1.165, 1.54) is 4.90 Å². The van der Waals surface area contributed by atoms with Crippen molar-refractivity contribution in [2.24, 2.45) is 5.73 Å². The fourth-order valence-corrected chi connectivity index (χ4v) is 4.41. The number of benzene rings is 1. The minimum atomic E-state index is -4.30. The average molecular weight is 433 g/mol. The molecule has 3 amide bonds. The average Bonchev–Trinajstić information content (AvgIpc) is 2.92. The Morgan fingerprint density at radius 2 is 1.89 bits per heavy atom. The summed E-state index contributed by atoms with van der Waals surface area (Å²) in [5.74, 6) is -0.733. The Kier molecular flexibility index (Phi) is 5.82. The van der Waals surface area contributed by atoms with Gasteiger partial charge in [-0.15, -0.1) is 11.3 Å². The van der Waals surface area contributed by atoms with Crippen molar-refractivity contribution in [3.05, 3.63) is 45.3 Å². The van der Waals surface area contributed by atoms with Crippen LogP contribution in [0.3, 0.4) is 0 Å². The Morgan fingerprint density at radius 1 is 1.21 bits per heavy atom. The van der Waals surface area contributed by atoms with Crippen LogP contribution in [0.1, 0.15) is 20.8 Å². The molecule has 150 valence electrons. The zero-order valence-electron chi connectivity index (χ0n) is 14.4. The lowest BCUT2D eigenvalue weighted by Crippen LogP contribution is -2.37. The smallest absolute Gasteiger partial charge is 0.365 e. The minimum Gasteiger partial charge on any atom is -0.365 e. The number of nitrogens with zero attached hydrogens (tertiary/aromatic N) is 1. The Balaban J connectivity index is 1.77. The molecule has 4 N–H and O–H groups in total. The molecule has 11 heteroatoms. The van der Waals surface area contributed by atoms with E-state index in [1.54, 1.807) is 24.3 Å². The van der Waals surface area contributed by atoms with Gasteiger partial charge in [0.25, 0.3) is 5.91 Å². The number of fused-ring (bicyclic) bond motifs is 1. The lowest BCUT2D eigenvalue weighted by atomic mass is 10.0. The molecule has 2 aromatic rings. The number of carbonyl (C=O) groups excluding carboxylic acids is 2. The van der Waals surface area contributed by atoms with Gasteiger partial charge < -0.3 is 11.1 Å². The zero-order valence-corrected chi connectivity index (χ0v) is 16.0. The van der Waals surface area contributed by atoms with Crippen LogP contribution in [-0.4, -0.2) is 36.1 Å². The summed E-state index contributed by atoms with van der Waals surface area (Å²) in [6, 6.07) is 5.81. The van der Waals surface area contributed by atoms with Crippen LogP contribution in [0.5, 0.6) is 0 Å². The molecule has 6 nitrogen and oxygen atoms in total. The van der Waals surface area contributed by atoms with Gasteiger partial charge in [0.1, 0.15) is 5.00 Å². The highest BCUT2D eigenvalue weighted by molar-refractivity contribution is 7.17. The van der Waals surface area contributed by atoms with Gasteiger partial charge in [-0.3, -0.25) is 15.0 Å². The van der Waals surface area contributed by atoms with Crippen LogP contribution in [0.25, 0.3) is 0 Å². The highest BCUT2D eigenvalue weighted by Crippen LogP contribution is 2.37. The van der Waals surface area contributed by atoms with Crippen molar-refractivity contribution in [2.45, 2.75) is 19.1 Å². The summed E-state index contributed by atoms with van der Waals surface area (Å²) in [6.07, 6.45) is -4.05. The molecule has 1 aromatic heterocycles. The van der Waals surface area contributed by atoms with E-state index in [-0.39, 0.29) is 30.1 Å². The zero-order chi connectivity index (χ0) is 20.5. The highest BCUT2D eigenvalue weighted by Gasteiger charge is 2.34. The minimum absolute atomic E-state index is 0.0419. The number of rotatable bonds is 4. The Morgan fingerprint density at radius 3 is 2.50 bits per heavy atom.